The molecule has 114 valence electrons. The van der Waals surface area contributed by atoms with Crippen LogP contribution in [-0.2, 0) is 10.0 Å². The van der Waals surface area contributed by atoms with Crippen LogP contribution in [0, 0.1) is 0 Å². The van der Waals surface area contributed by atoms with Crippen molar-refractivity contribution in [3.8, 4) is 0 Å². The van der Waals surface area contributed by atoms with E-state index in [1.165, 1.54) is 4.31 Å². The van der Waals surface area contributed by atoms with Crippen molar-refractivity contribution in [3.63, 3.8) is 0 Å². The van der Waals surface area contributed by atoms with E-state index >= 15 is 0 Å². The van der Waals surface area contributed by atoms with Gasteiger partial charge in [-0.05, 0) is 0 Å². The minimum absolute atomic E-state index is 0.385. The summed E-state index contributed by atoms with van der Waals surface area (Å²) in [7, 11) is -0.264. The average Bonchev–Trinajstić information content (AvgIpc) is 2.45. The van der Waals surface area contributed by atoms with Crippen LogP contribution in [0.25, 0.3) is 0 Å². The van der Waals surface area contributed by atoms with Crippen molar-refractivity contribution in [2.45, 2.75) is 41.4 Å². The van der Waals surface area contributed by atoms with Crippen molar-refractivity contribution >= 4 is 29.2 Å². The summed E-state index contributed by atoms with van der Waals surface area (Å²) in [5.74, 6) is 0. The average molecular weight is 359 g/mol. The predicted molar refractivity (Wildman–Crippen MR) is 88.1 cm³/mol. The molecule has 0 saturated heterocycles. The monoisotopic (exact) mass is 360 g/mol. The molecular weight excluding hydrogens is 333 g/mol. The van der Waals surface area contributed by atoms with Gasteiger partial charge in [0.2, 0.25) is 0 Å². The fraction of sp³-hybridized carbons (Fsp3) is 0.571. The van der Waals surface area contributed by atoms with Crippen molar-refractivity contribution < 1.29 is 8.42 Å². The van der Waals surface area contributed by atoms with Crippen LogP contribution in [0.4, 0.5) is 5.69 Å². The summed E-state index contributed by atoms with van der Waals surface area (Å²) in [6.07, 6.45) is 0. The molecule has 0 radical (unpaired) electrons. The van der Waals surface area contributed by atoms with Gasteiger partial charge in [0.15, 0.2) is 0 Å². The summed E-state index contributed by atoms with van der Waals surface area (Å²) in [5.41, 5.74) is 0.770. The Morgan fingerprint density at radius 1 is 1.05 bits per heavy atom. The van der Waals surface area contributed by atoms with Crippen LogP contribution < -0.4 is 4.27 Å². The molecule has 0 amide bonds. The quantitative estimate of drug-likeness (QED) is 0.760. The van der Waals surface area contributed by atoms with E-state index in [1.54, 1.807) is 26.2 Å². The van der Waals surface area contributed by atoms with Gasteiger partial charge < -0.3 is 0 Å². The fourth-order valence-electron chi connectivity index (χ4n) is 2.29. The molecule has 0 aromatic heterocycles. The van der Waals surface area contributed by atoms with Crippen LogP contribution in [-0.4, -0.2) is 40.3 Å². The molecule has 0 unspecified atom stereocenters. The number of sulfonamides is 1. The number of nitrogens with zero attached hydrogens (tertiary/aromatic N) is 1. The molecule has 0 heterocycles. The van der Waals surface area contributed by atoms with Crippen LogP contribution in [0.15, 0.2) is 29.2 Å². The second kappa shape index (κ2) is 6.96. The number of nitrogens with one attached hydrogen (secondary N) is 1. The van der Waals surface area contributed by atoms with Gasteiger partial charge in [-0.2, -0.15) is 0 Å². The molecule has 4 nitrogen and oxygen atoms in total. The molecule has 1 aromatic rings. The molecule has 0 aliphatic heterocycles. The van der Waals surface area contributed by atoms with Gasteiger partial charge >= 0.3 is 126 Å². The number of benzene rings is 1. The Morgan fingerprint density at radius 3 is 2.00 bits per heavy atom. The van der Waals surface area contributed by atoms with Crippen LogP contribution in [0.3, 0.4) is 0 Å². The zero-order valence-corrected chi connectivity index (χ0v) is 16.0. The molecule has 0 aliphatic rings. The molecule has 0 bridgehead atoms. The van der Waals surface area contributed by atoms with Gasteiger partial charge in [0.05, 0.1) is 0 Å². The second-order valence-corrected chi connectivity index (χ2v) is 17.7. The molecule has 0 saturated carbocycles. The van der Waals surface area contributed by atoms with Crippen LogP contribution in [0.5, 0.6) is 0 Å². The zero-order chi connectivity index (χ0) is 15.4. The third kappa shape index (κ3) is 3.56. The summed E-state index contributed by atoms with van der Waals surface area (Å²) in [6.45, 7) is 6.63. The van der Waals surface area contributed by atoms with Gasteiger partial charge in [0.1, 0.15) is 0 Å². The Bertz CT molecular complexity index is 532. The van der Waals surface area contributed by atoms with E-state index in [0.717, 1.165) is 21.4 Å². The van der Waals surface area contributed by atoms with Gasteiger partial charge in [-0.1, -0.05) is 0 Å². The third-order valence-corrected chi connectivity index (χ3v) is 16.1. The standard InChI is InChI=1S/C14H26GeN2O2S/c1-6-15(7-2,8-3)16-13-11-9-10-12-14(13)20(18,19)17(4)5/h9-12,16H,6-8H2,1-5H3. The Balaban J connectivity index is 3.28. The SMILES string of the molecule is C[CH2][Ge]([CH2]C)([CH2]C)[NH]c1ccccc1S(=O)(=O)N(C)C. The Hall–Kier alpha value is -0.527. The first-order chi connectivity index (χ1) is 9.33. The first kappa shape index (κ1) is 17.5. The Morgan fingerprint density at radius 2 is 1.55 bits per heavy atom. The molecule has 1 N–H and O–H groups in total. The van der Waals surface area contributed by atoms with Crippen LogP contribution >= 0.6 is 0 Å². The summed E-state index contributed by atoms with van der Waals surface area (Å²) >= 11 is -2.19. The van der Waals surface area contributed by atoms with E-state index in [9.17, 15) is 8.42 Å². The molecule has 20 heavy (non-hydrogen) atoms. The van der Waals surface area contributed by atoms with Gasteiger partial charge in [0, 0.05) is 0 Å². The number of anilines is 1. The number of rotatable bonds is 7. The van der Waals surface area contributed by atoms with E-state index in [2.05, 4.69) is 25.0 Å². The summed E-state index contributed by atoms with van der Waals surface area (Å²) in [6, 6.07) is 7.24. The Kier molecular flexibility index (Phi) is 6.10. The van der Waals surface area contributed by atoms with Gasteiger partial charge in [-0.25, -0.2) is 0 Å². The van der Waals surface area contributed by atoms with Crippen molar-refractivity contribution in [1.29, 1.82) is 0 Å². The topological polar surface area (TPSA) is 49.4 Å². The molecule has 0 atom stereocenters. The van der Waals surface area contributed by atoms with Crippen molar-refractivity contribution in [2.24, 2.45) is 0 Å². The Labute approximate surface area is 126 Å². The van der Waals surface area contributed by atoms with Gasteiger partial charge in [0.25, 0.3) is 0 Å². The van der Waals surface area contributed by atoms with E-state index < -0.39 is 23.5 Å². The van der Waals surface area contributed by atoms with E-state index in [0.29, 0.717) is 4.90 Å². The molecule has 6 heteroatoms. The van der Waals surface area contributed by atoms with Gasteiger partial charge in [-0.3, -0.25) is 0 Å². The third-order valence-electron chi connectivity index (χ3n) is 4.08. The maximum absolute atomic E-state index is 12.4. The fourth-order valence-corrected chi connectivity index (χ4v) is 9.44. The van der Waals surface area contributed by atoms with E-state index in [1.807, 2.05) is 12.1 Å². The van der Waals surface area contributed by atoms with Crippen LogP contribution in [0.1, 0.15) is 20.8 Å². The zero-order valence-electron chi connectivity index (χ0n) is 13.1. The molecule has 1 rings (SSSR count). The summed E-state index contributed by atoms with van der Waals surface area (Å²) in [5, 5.41) is 3.43. The first-order valence-corrected chi connectivity index (χ1v) is 14.1. The molecule has 1 aromatic carbocycles. The predicted octanol–water partition coefficient (Wildman–Crippen LogP) is 3.35. The summed E-state index contributed by atoms with van der Waals surface area (Å²) in [4.78, 5) is 0.385. The summed E-state index contributed by atoms with van der Waals surface area (Å²) < 4.78 is 29.7. The van der Waals surface area contributed by atoms with E-state index in [-0.39, 0.29) is 0 Å². The van der Waals surface area contributed by atoms with E-state index in [4.69, 9.17) is 0 Å². The molecule has 0 spiro atoms. The molecule has 0 aliphatic carbocycles. The van der Waals surface area contributed by atoms with Crippen molar-refractivity contribution in [1.82, 2.24) is 4.31 Å². The van der Waals surface area contributed by atoms with Crippen LogP contribution in [0.2, 0.25) is 15.8 Å². The second-order valence-electron chi connectivity index (χ2n) is 5.25. The number of hydrogen-bond donors (Lipinski definition) is 1. The molecule has 0 fully saturated rings. The maximum atomic E-state index is 12.4. The number of para-hydroxylation sites is 1. The minimum atomic E-state index is -3.40. The van der Waals surface area contributed by atoms with Crippen molar-refractivity contribution in [2.75, 3.05) is 18.4 Å². The normalized spacial score (nSPS) is 12.7. The first-order valence-electron chi connectivity index (χ1n) is 7.12. The number of hydrogen-bond acceptors (Lipinski definition) is 3. The van der Waals surface area contributed by atoms with Crippen molar-refractivity contribution in [3.05, 3.63) is 24.3 Å². The molecular formula is C14H26GeN2O2S. The van der Waals surface area contributed by atoms with Gasteiger partial charge in [-0.15, -0.1) is 0 Å².